The molecular weight excluding hydrogens is 217 g/mol. The minimum absolute atomic E-state index is 0.311. The first-order chi connectivity index (χ1) is 8.31. The van der Waals surface area contributed by atoms with E-state index in [1.54, 1.807) is 6.07 Å². The predicted molar refractivity (Wildman–Crippen MR) is 63.2 cm³/mol. The van der Waals surface area contributed by atoms with Gasteiger partial charge in [-0.25, -0.2) is 9.37 Å². The maximum absolute atomic E-state index is 12.7. The zero-order valence-electron chi connectivity index (χ0n) is 9.94. The number of rotatable bonds is 3. The molecule has 3 atom stereocenters. The largest absolute Gasteiger partial charge is 0.477 e. The summed E-state index contributed by atoms with van der Waals surface area (Å²) < 4.78 is 18.4. The van der Waals surface area contributed by atoms with Gasteiger partial charge >= 0.3 is 0 Å². The summed E-state index contributed by atoms with van der Waals surface area (Å²) in [7, 11) is 0. The molecule has 0 aromatic carbocycles. The third kappa shape index (κ3) is 2.43. The number of halogens is 1. The second kappa shape index (κ2) is 4.63. The first-order valence-corrected chi connectivity index (χ1v) is 6.55. The number of pyridine rings is 1. The molecular formula is C14H18FNO. The number of hydrogen-bond acceptors (Lipinski definition) is 2. The summed E-state index contributed by atoms with van der Waals surface area (Å²) in [4.78, 5) is 3.93. The summed E-state index contributed by atoms with van der Waals surface area (Å²) in [5.74, 6) is 2.76. The predicted octanol–water partition coefficient (Wildman–Crippen LogP) is 3.43. The van der Waals surface area contributed by atoms with Crippen LogP contribution in [-0.2, 0) is 0 Å². The van der Waals surface area contributed by atoms with E-state index in [1.165, 1.54) is 44.4 Å². The van der Waals surface area contributed by atoms with Crippen LogP contribution in [0.4, 0.5) is 4.39 Å². The van der Waals surface area contributed by atoms with Crippen LogP contribution < -0.4 is 4.74 Å². The molecule has 0 saturated heterocycles. The van der Waals surface area contributed by atoms with Gasteiger partial charge in [-0.2, -0.15) is 0 Å². The lowest BCUT2D eigenvalue weighted by atomic mass is 9.80. The molecule has 1 heterocycles. The van der Waals surface area contributed by atoms with Crippen LogP contribution in [0.2, 0.25) is 0 Å². The molecule has 2 aliphatic rings. The number of nitrogens with zero attached hydrogens (tertiary/aromatic N) is 1. The highest BCUT2D eigenvalue weighted by Crippen LogP contribution is 2.45. The lowest BCUT2D eigenvalue weighted by Crippen LogP contribution is -2.24. The normalized spacial score (nSPS) is 31.5. The Morgan fingerprint density at radius 2 is 2.12 bits per heavy atom. The summed E-state index contributed by atoms with van der Waals surface area (Å²) in [6.07, 6.45) is 8.04. The van der Waals surface area contributed by atoms with E-state index in [-0.39, 0.29) is 5.82 Å². The second-order valence-corrected chi connectivity index (χ2v) is 5.40. The van der Waals surface area contributed by atoms with E-state index < -0.39 is 0 Å². The van der Waals surface area contributed by atoms with Gasteiger partial charge in [0.1, 0.15) is 5.82 Å². The smallest absolute Gasteiger partial charge is 0.213 e. The van der Waals surface area contributed by atoms with Crippen molar-refractivity contribution < 1.29 is 9.13 Å². The van der Waals surface area contributed by atoms with E-state index in [9.17, 15) is 4.39 Å². The van der Waals surface area contributed by atoms with Crippen molar-refractivity contribution in [1.82, 2.24) is 4.98 Å². The van der Waals surface area contributed by atoms with Gasteiger partial charge < -0.3 is 4.74 Å². The summed E-state index contributed by atoms with van der Waals surface area (Å²) in [6.45, 7) is 0.746. The van der Waals surface area contributed by atoms with Gasteiger partial charge in [-0.05, 0) is 43.1 Å². The molecule has 17 heavy (non-hydrogen) atoms. The van der Waals surface area contributed by atoms with Crippen molar-refractivity contribution in [3.8, 4) is 5.88 Å². The number of aromatic nitrogens is 1. The first kappa shape index (κ1) is 11.0. The van der Waals surface area contributed by atoms with Crippen LogP contribution in [0.1, 0.15) is 32.1 Å². The fraction of sp³-hybridized carbons (Fsp3) is 0.643. The molecule has 2 nitrogen and oxygen atoms in total. The fourth-order valence-corrected chi connectivity index (χ4v) is 3.35. The Labute approximate surface area is 101 Å². The third-order valence-electron chi connectivity index (χ3n) is 4.34. The maximum atomic E-state index is 12.7. The van der Waals surface area contributed by atoms with Crippen molar-refractivity contribution in [3.63, 3.8) is 0 Å². The van der Waals surface area contributed by atoms with Gasteiger partial charge in [-0.3, -0.25) is 0 Å². The zero-order chi connectivity index (χ0) is 11.7. The maximum Gasteiger partial charge on any atom is 0.213 e. The van der Waals surface area contributed by atoms with E-state index in [2.05, 4.69) is 4.98 Å². The number of ether oxygens (including phenoxy) is 1. The van der Waals surface area contributed by atoms with Crippen molar-refractivity contribution in [3.05, 3.63) is 24.1 Å². The van der Waals surface area contributed by atoms with Crippen LogP contribution in [0.3, 0.4) is 0 Å². The lowest BCUT2D eigenvalue weighted by molar-refractivity contribution is 0.152. The van der Waals surface area contributed by atoms with Crippen LogP contribution in [0.25, 0.3) is 0 Å². The highest BCUT2D eigenvalue weighted by Gasteiger charge is 2.35. The van der Waals surface area contributed by atoms with Gasteiger partial charge in [0.25, 0.3) is 0 Å². The molecule has 3 rings (SSSR count). The summed E-state index contributed by atoms with van der Waals surface area (Å²) >= 11 is 0. The highest BCUT2D eigenvalue weighted by molar-refractivity contribution is 5.10. The molecule has 2 saturated carbocycles. The van der Waals surface area contributed by atoms with E-state index in [1.807, 2.05) is 0 Å². The van der Waals surface area contributed by atoms with Gasteiger partial charge in [-0.15, -0.1) is 0 Å². The molecule has 0 aliphatic heterocycles. The van der Waals surface area contributed by atoms with Crippen molar-refractivity contribution in [2.24, 2.45) is 17.8 Å². The van der Waals surface area contributed by atoms with Crippen LogP contribution in [0, 0.1) is 23.6 Å². The summed E-state index contributed by atoms with van der Waals surface area (Å²) in [5, 5.41) is 0. The van der Waals surface area contributed by atoms with Gasteiger partial charge in [0, 0.05) is 6.07 Å². The summed E-state index contributed by atoms with van der Waals surface area (Å²) in [5.41, 5.74) is 0. The molecule has 1 aromatic rings. The third-order valence-corrected chi connectivity index (χ3v) is 4.34. The Bertz CT molecular complexity index is 378. The molecule has 1 aromatic heterocycles. The standard InChI is InChI=1S/C14H18FNO/c15-13-5-6-14(16-8-13)17-9-12-4-2-10-1-3-11(12)7-10/h5-6,8,10-12H,1-4,7,9H2/t10?,11?,12-/m1/s1. The van der Waals surface area contributed by atoms with E-state index >= 15 is 0 Å². The van der Waals surface area contributed by atoms with Gasteiger partial charge in [0.2, 0.25) is 5.88 Å². The molecule has 0 radical (unpaired) electrons. The van der Waals surface area contributed by atoms with Crippen molar-refractivity contribution in [2.45, 2.75) is 32.1 Å². The van der Waals surface area contributed by atoms with E-state index in [0.29, 0.717) is 11.8 Å². The van der Waals surface area contributed by atoms with E-state index in [4.69, 9.17) is 4.74 Å². The topological polar surface area (TPSA) is 22.1 Å². The Hall–Kier alpha value is -1.12. The second-order valence-electron chi connectivity index (χ2n) is 5.40. The minimum Gasteiger partial charge on any atom is -0.477 e. The van der Waals surface area contributed by atoms with Crippen molar-refractivity contribution in [1.29, 1.82) is 0 Å². The Morgan fingerprint density at radius 3 is 2.94 bits per heavy atom. The Balaban J connectivity index is 1.55. The minimum atomic E-state index is -0.311. The van der Waals surface area contributed by atoms with Gasteiger partial charge in [-0.1, -0.05) is 12.8 Å². The molecule has 0 spiro atoms. The van der Waals surface area contributed by atoms with Crippen LogP contribution >= 0.6 is 0 Å². The molecule has 2 aliphatic carbocycles. The molecule has 0 amide bonds. The van der Waals surface area contributed by atoms with Crippen LogP contribution in [0.5, 0.6) is 5.88 Å². The van der Waals surface area contributed by atoms with Crippen LogP contribution in [-0.4, -0.2) is 11.6 Å². The quantitative estimate of drug-likeness (QED) is 0.800. The molecule has 2 unspecified atom stereocenters. The average Bonchev–Trinajstić information content (AvgIpc) is 2.73. The average molecular weight is 235 g/mol. The lowest BCUT2D eigenvalue weighted by Gasteiger charge is -2.28. The molecule has 2 bridgehead atoms. The first-order valence-electron chi connectivity index (χ1n) is 6.55. The van der Waals surface area contributed by atoms with Crippen LogP contribution in [0.15, 0.2) is 18.3 Å². The molecule has 0 N–H and O–H groups in total. The zero-order valence-corrected chi connectivity index (χ0v) is 9.94. The fourth-order valence-electron chi connectivity index (χ4n) is 3.35. The molecule has 3 heteroatoms. The highest BCUT2D eigenvalue weighted by atomic mass is 19.1. The summed E-state index contributed by atoms with van der Waals surface area (Å²) in [6, 6.07) is 3.00. The monoisotopic (exact) mass is 235 g/mol. The van der Waals surface area contributed by atoms with Gasteiger partial charge in [0.15, 0.2) is 0 Å². The Kier molecular flexibility index (Phi) is 3.00. The van der Waals surface area contributed by atoms with Gasteiger partial charge in [0.05, 0.1) is 12.8 Å². The number of fused-ring (bicyclic) bond motifs is 2. The van der Waals surface area contributed by atoms with Crippen molar-refractivity contribution >= 4 is 0 Å². The van der Waals surface area contributed by atoms with E-state index in [0.717, 1.165) is 18.4 Å². The Morgan fingerprint density at radius 1 is 1.24 bits per heavy atom. The molecule has 2 fully saturated rings. The SMILES string of the molecule is Fc1ccc(OC[C@H]2CCC3CCC2C3)nc1. The molecule has 92 valence electrons. The number of hydrogen-bond donors (Lipinski definition) is 0. The van der Waals surface area contributed by atoms with Crippen molar-refractivity contribution in [2.75, 3.05) is 6.61 Å².